The first kappa shape index (κ1) is 9.43. The van der Waals surface area contributed by atoms with Crippen molar-refractivity contribution in [2.75, 3.05) is 38.7 Å². The lowest BCUT2D eigenvalue weighted by Crippen LogP contribution is -2.56. The van der Waals surface area contributed by atoms with Crippen LogP contribution in [-0.4, -0.2) is 69.0 Å². The standard InChI is InChI=1S/C8H16N2O2S/c1-9-3-4-10(2)8-6-13(11,12)5-7(8)9/h7-8H,3-6H2,1-2H3. The van der Waals surface area contributed by atoms with Crippen molar-refractivity contribution < 1.29 is 8.42 Å². The second-order valence-electron chi connectivity index (χ2n) is 4.17. The van der Waals surface area contributed by atoms with Gasteiger partial charge in [-0.2, -0.15) is 0 Å². The number of rotatable bonds is 0. The first-order valence-corrected chi connectivity index (χ1v) is 6.43. The van der Waals surface area contributed by atoms with Gasteiger partial charge in [0.25, 0.3) is 0 Å². The van der Waals surface area contributed by atoms with E-state index in [-0.39, 0.29) is 12.1 Å². The number of likely N-dealkylation sites (N-methyl/N-ethyl adjacent to an activating group) is 2. The summed E-state index contributed by atoms with van der Waals surface area (Å²) in [5, 5.41) is 0. The van der Waals surface area contributed by atoms with Gasteiger partial charge in [0.15, 0.2) is 9.84 Å². The summed E-state index contributed by atoms with van der Waals surface area (Å²) >= 11 is 0. The van der Waals surface area contributed by atoms with Crippen LogP contribution in [0.4, 0.5) is 0 Å². The van der Waals surface area contributed by atoms with Crippen LogP contribution < -0.4 is 0 Å². The van der Waals surface area contributed by atoms with Gasteiger partial charge < -0.3 is 0 Å². The van der Waals surface area contributed by atoms with Gasteiger partial charge in [-0.3, -0.25) is 9.80 Å². The molecule has 2 fully saturated rings. The Balaban J connectivity index is 2.24. The normalized spacial score (nSPS) is 40.5. The predicted octanol–water partition coefficient (Wildman–Crippen LogP) is -0.971. The van der Waals surface area contributed by atoms with E-state index in [0.717, 1.165) is 13.1 Å². The molecule has 0 aromatic rings. The molecule has 13 heavy (non-hydrogen) atoms. The average molecular weight is 204 g/mol. The zero-order valence-electron chi connectivity index (χ0n) is 8.10. The Morgan fingerprint density at radius 2 is 1.38 bits per heavy atom. The molecular formula is C8H16N2O2S. The smallest absolute Gasteiger partial charge is 0.153 e. The van der Waals surface area contributed by atoms with Crippen molar-refractivity contribution in [3.05, 3.63) is 0 Å². The fraction of sp³-hybridized carbons (Fsp3) is 1.00. The van der Waals surface area contributed by atoms with Gasteiger partial charge in [0.2, 0.25) is 0 Å². The Morgan fingerprint density at radius 1 is 1.00 bits per heavy atom. The summed E-state index contributed by atoms with van der Waals surface area (Å²) in [6.07, 6.45) is 0. The molecule has 4 nitrogen and oxygen atoms in total. The van der Waals surface area contributed by atoms with Crippen LogP contribution in [0.1, 0.15) is 0 Å². The van der Waals surface area contributed by atoms with Crippen LogP contribution in [-0.2, 0) is 9.84 Å². The maximum Gasteiger partial charge on any atom is 0.153 e. The number of sulfone groups is 1. The Morgan fingerprint density at radius 3 is 1.77 bits per heavy atom. The minimum atomic E-state index is -2.78. The SMILES string of the molecule is CN1CCN(C)C2CS(=O)(=O)CC21. The largest absolute Gasteiger partial charge is 0.300 e. The molecular weight excluding hydrogens is 188 g/mol. The summed E-state index contributed by atoms with van der Waals surface area (Å²) in [5.74, 6) is 0.691. The fourth-order valence-electron chi connectivity index (χ4n) is 2.30. The maximum atomic E-state index is 11.4. The number of piperazine rings is 1. The molecule has 0 amide bonds. The summed E-state index contributed by atoms with van der Waals surface area (Å²) in [6.45, 7) is 1.96. The summed E-state index contributed by atoms with van der Waals surface area (Å²) in [5.41, 5.74) is 0. The van der Waals surface area contributed by atoms with Crippen LogP contribution in [0.2, 0.25) is 0 Å². The van der Waals surface area contributed by atoms with Crippen LogP contribution in [0.5, 0.6) is 0 Å². The molecule has 0 N–H and O–H groups in total. The van der Waals surface area contributed by atoms with Crippen LogP contribution in [0, 0.1) is 0 Å². The van der Waals surface area contributed by atoms with E-state index >= 15 is 0 Å². The number of hydrogen-bond donors (Lipinski definition) is 0. The third-order valence-electron chi connectivity index (χ3n) is 3.23. The maximum absolute atomic E-state index is 11.4. The quantitative estimate of drug-likeness (QED) is 0.509. The molecule has 5 heteroatoms. The molecule has 2 atom stereocenters. The second kappa shape index (κ2) is 2.93. The third-order valence-corrected chi connectivity index (χ3v) is 4.93. The molecule has 76 valence electrons. The predicted molar refractivity (Wildman–Crippen MR) is 51.5 cm³/mol. The Kier molecular flexibility index (Phi) is 2.13. The highest BCUT2D eigenvalue weighted by molar-refractivity contribution is 7.91. The first-order valence-electron chi connectivity index (χ1n) is 4.60. The number of hydrogen-bond acceptors (Lipinski definition) is 4. The molecule has 2 heterocycles. The first-order chi connectivity index (χ1) is 5.99. The Labute approximate surface area is 79.4 Å². The molecule has 2 rings (SSSR count). The van der Waals surface area contributed by atoms with Crippen molar-refractivity contribution in [2.45, 2.75) is 12.1 Å². The van der Waals surface area contributed by atoms with Gasteiger partial charge in [0.05, 0.1) is 11.5 Å². The van der Waals surface area contributed by atoms with Crippen LogP contribution in [0.3, 0.4) is 0 Å². The van der Waals surface area contributed by atoms with E-state index in [2.05, 4.69) is 9.80 Å². The molecule has 0 aromatic heterocycles. The van der Waals surface area contributed by atoms with Crippen LogP contribution in [0.15, 0.2) is 0 Å². The van der Waals surface area contributed by atoms with Crippen molar-refractivity contribution >= 4 is 9.84 Å². The summed E-state index contributed by atoms with van der Waals surface area (Å²) in [4.78, 5) is 4.35. The molecule has 2 aliphatic heterocycles. The monoisotopic (exact) mass is 204 g/mol. The minimum absolute atomic E-state index is 0.226. The molecule has 0 aromatic carbocycles. The van der Waals surface area contributed by atoms with Crippen molar-refractivity contribution in [3.8, 4) is 0 Å². The average Bonchev–Trinajstić information content (AvgIpc) is 2.35. The van der Waals surface area contributed by atoms with Crippen molar-refractivity contribution in [1.29, 1.82) is 0 Å². The fourth-order valence-corrected chi connectivity index (χ4v) is 4.43. The lowest BCUT2D eigenvalue weighted by Gasteiger charge is -2.40. The van der Waals surface area contributed by atoms with Gasteiger partial charge in [-0.1, -0.05) is 0 Å². The van der Waals surface area contributed by atoms with Gasteiger partial charge in [-0.15, -0.1) is 0 Å². The van der Waals surface area contributed by atoms with Gasteiger partial charge in [0, 0.05) is 25.2 Å². The minimum Gasteiger partial charge on any atom is -0.300 e. The van der Waals surface area contributed by atoms with E-state index in [0.29, 0.717) is 11.5 Å². The van der Waals surface area contributed by atoms with Crippen molar-refractivity contribution in [3.63, 3.8) is 0 Å². The van der Waals surface area contributed by atoms with E-state index in [9.17, 15) is 8.42 Å². The molecule has 2 aliphatic rings. The zero-order valence-corrected chi connectivity index (χ0v) is 8.92. The number of fused-ring (bicyclic) bond motifs is 1. The number of nitrogens with zero attached hydrogens (tertiary/aromatic N) is 2. The molecule has 0 aliphatic carbocycles. The van der Waals surface area contributed by atoms with E-state index in [1.54, 1.807) is 0 Å². The molecule has 0 radical (unpaired) electrons. The van der Waals surface area contributed by atoms with E-state index in [1.165, 1.54) is 0 Å². The molecule has 2 saturated heterocycles. The van der Waals surface area contributed by atoms with Gasteiger partial charge >= 0.3 is 0 Å². The van der Waals surface area contributed by atoms with Gasteiger partial charge in [-0.25, -0.2) is 8.42 Å². The highest BCUT2D eigenvalue weighted by Gasteiger charge is 2.43. The van der Waals surface area contributed by atoms with Crippen LogP contribution in [0.25, 0.3) is 0 Å². The molecule has 0 saturated carbocycles. The zero-order chi connectivity index (χ0) is 9.64. The van der Waals surface area contributed by atoms with Gasteiger partial charge in [0.1, 0.15) is 0 Å². The highest BCUT2D eigenvalue weighted by Crippen LogP contribution is 2.24. The van der Waals surface area contributed by atoms with E-state index in [4.69, 9.17) is 0 Å². The highest BCUT2D eigenvalue weighted by atomic mass is 32.2. The Hall–Kier alpha value is -0.130. The lowest BCUT2D eigenvalue weighted by molar-refractivity contribution is 0.0831. The molecule has 0 spiro atoms. The summed E-state index contributed by atoms with van der Waals surface area (Å²) in [6, 6.07) is 0.451. The molecule has 2 unspecified atom stereocenters. The second-order valence-corrected chi connectivity index (χ2v) is 6.33. The summed E-state index contributed by atoms with van der Waals surface area (Å²) < 4.78 is 22.9. The molecule has 0 bridgehead atoms. The van der Waals surface area contributed by atoms with Crippen molar-refractivity contribution in [1.82, 2.24) is 9.80 Å². The van der Waals surface area contributed by atoms with E-state index < -0.39 is 9.84 Å². The van der Waals surface area contributed by atoms with E-state index in [1.807, 2.05) is 14.1 Å². The van der Waals surface area contributed by atoms with Gasteiger partial charge in [-0.05, 0) is 14.1 Å². The lowest BCUT2D eigenvalue weighted by atomic mass is 10.1. The third kappa shape index (κ3) is 1.60. The topological polar surface area (TPSA) is 40.6 Å². The summed E-state index contributed by atoms with van der Waals surface area (Å²) in [7, 11) is 1.26. The Bertz CT molecular complexity index is 277. The van der Waals surface area contributed by atoms with Crippen molar-refractivity contribution in [2.24, 2.45) is 0 Å². The van der Waals surface area contributed by atoms with Crippen LogP contribution >= 0.6 is 0 Å².